The highest BCUT2D eigenvalue weighted by Gasteiger charge is 2.50. The zero-order valence-electron chi connectivity index (χ0n) is 50.4. The molecule has 3 N–H and O–H groups in total. The molecule has 2 atom stereocenters. The fourth-order valence-corrected chi connectivity index (χ4v) is 13.3. The number of anilines is 1. The van der Waals surface area contributed by atoms with Crippen LogP contribution in [0.5, 0.6) is 0 Å². The van der Waals surface area contributed by atoms with Crippen molar-refractivity contribution >= 4 is 11.4 Å². The molecule has 2 unspecified atom stereocenters. The largest absolute Gasteiger partial charge is 0.628 e. The molecule has 0 bridgehead atoms. The highest BCUT2D eigenvalue weighted by atomic mass is 16.5. The number of hydroxylamine groups is 6. The van der Waals surface area contributed by atoms with Crippen LogP contribution in [0.2, 0.25) is 0 Å². The average molecular weight is 1110 g/mol. The maximum atomic E-state index is 14.3. The van der Waals surface area contributed by atoms with Crippen molar-refractivity contribution in [3.05, 3.63) is 149 Å². The van der Waals surface area contributed by atoms with Crippen molar-refractivity contribution in [3.63, 3.8) is 0 Å². The van der Waals surface area contributed by atoms with E-state index in [0.717, 1.165) is 72.7 Å². The summed E-state index contributed by atoms with van der Waals surface area (Å²) in [5.74, 6) is 0.171. The first-order valence-corrected chi connectivity index (χ1v) is 29.2. The number of rotatable bonds is 22. The number of para-hydroxylation sites is 2. The first-order chi connectivity index (χ1) is 38.3. The van der Waals surface area contributed by atoms with Crippen LogP contribution in [-0.4, -0.2) is 128 Å². The molecule has 2 aromatic carbocycles. The molecule has 7 heterocycles. The summed E-state index contributed by atoms with van der Waals surface area (Å²) in [6, 6.07) is 17.0. The Morgan fingerprint density at radius 2 is 1.21 bits per heavy atom. The van der Waals surface area contributed by atoms with Crippen molar-refractivity contribution < 1.29 is 10.4 Å². The number of allylic oxidation sites excluding steroid dienone is 6. The molecule has 4 aromatic heterocycles. The molecule has 0 saturated carbocycles. The Kier molecular flexibility index (Phi) is 17.3. The summed E-state index contributed by atoms with van der Waals surface area (Å²) in [6.07, 6.45) is 24.0. The van der Waals surface area contributed by atoms with Crippen LogP contribution < -0.4 is 9.55 Å². The molecule has 81 heavy (non-hydrogen) atoms. The lowest BCUT2D eigenvalue weighted by molar-refractivity contribution is -0.249. The Balaban J connectivity index is 0.786. The quantitative estimate of drug-likeness (QED) is 0.0291. The maximum Gasteiger partial charge on any atom is 0.136 e. The minimum Gasteiger partial charge on any atom is -0.628 e. The molecule has 20 nitrogen and oxygen atoms in total. The number of hydrogen-bond acceptors (Lipinski definition) is 14. The lowest BCUT2D eigenvalue weighted by Gasteiger charge is -2.51. The molecular formula is C61H90N17O3+. The van der Waals surface area contributed by atoms with Crippen LogP contribution >= 0.6 is 0 Å². The number of aromatic nitrogens is 12. The van der Waals surface area contributed by atoms with E-state index in [-0.39, 0.29) is 34.5 Å². The number of quaternary nitrogens is 1. The van der Waals surface area contributed by atoms with Gasteiger partial charge in [-0.1, -0.05) is 107 Å². The predicted octanol–water partition coefficient (Wildman–Crippen LogP) is 9.75. The summed E-state index contributed by atoms with van der Waals surface area (Å²) < 4.78 is 7.15. The maximum absolute atomic E-state index is 14.3. The van der Waals surface area contributed by atoms with Gasteiger partial charge in [-0.15, -0.1) is 20.4 Å². The van der Waals surface area contributed by atoms with E-state index in [9.17, 15) is 10.4 Å². The molecule has 0 radical (unpaired) electrons. The van der Waals surface area contributed by atoms with E-state index >= 15 is 0 Å². The lowest BCUT2D eigenvalue weighted by atomic mass is 9.79. The fraction of sp³-hybridized carbons (Fsp3) is 0.574. The zero-order valence-corrected chi connectivity index (χ0v) is 50.4. The number of fused-ring (bicyclic) bond motifs is 1. The summed E-state index contributed by atoms with van der Waals surface area (Å²) in [7, 11) is 1.76. The van der Waals surface area contributed by atoms with Gasteiger partial charge in [-0.2, -0.15) is 5.06 Å². The van der Waals surface area contributed by atoms with Crippen LogP contribution in [0.15, 0.2) is 109 Å². The minimum absolute atomic E-state index is 0.0588. The van der Waals surface area contributed by atoms with Crippen LogP contribution in [0, 0.1) is 5.21 Å². The van der Waals surface area contributed by atoms with Gasteiger partial charge in [0.15, 0.2) is 0 Å². The Bertz CT molecular complexity index is 3050. The molecule has 3 aliphatic heterocycles. The van der Waals surface area contributed by atoms with Crippen molar-refractivity contribution in [2.75, 3.05) is 25.0 Å². The Morgan fingerprint density at radius 1 is 0.691 bits per heavy atom. The van der Waals surface area contributed by atoms with Crippen molar-refractivity contribution in [3.8, 4) is 0 Å². The van der Waals surface area contributed by atoms with Crippen molar-refractivity contribution in [1.82, 2.24) is 79.6 Å². The summed E-state index contributed by atoms with van der Waals surface area (Å²) in [6.45, 7) is 29.6. The van der Waals surface area contributed by atoms with E-state index in [1.165, 1.54) is 22.0 Å². The number of hydrogen-bond donors (Lipinski definition) is 1. The van der Waals surface area contributed by atoms with E-state index in [1.54, 1.807) is 12.1 Å². The number of piperidine rings is 2. The third-order valence-electron chi connectivity index (χ3n) is 17.3. The van der Waals surface area contributed by atoms with E-state index in [1.807, 2.05) is 61.7 Å². The third-order valence-corrected chi connectivity index (χ3v) is 17.3. The van der Waals surface area contributed by atoms with Crippen LogP contribution in [0.3, 0.4) is 0 Å². The second kappa shape index (κ2) is 23.5. The van der Waals surface area contributed by atoms with Crippen LogP contribution in [0.4, 0.5) is 11.4 Å². The molecule has 436 valence electrons. The summed E-state index contributed by atoms with van der Waals surface area (Å²) in [5, 5.41) is 73.9. The van der Waals surface area contributed by atoms with Gasteiger partial charge in [-0.3, -0.25) is 14.3 Å². The molecular weight excluding hydrogens is 1020 g/mol. The molecule has 3 aliphatic rings. The number of aryl methyl sites for hydroxylation is 3. The summed E-state index contributed by atoms with van der Waals surface area (Å²) in [5.41, 5.74) is 7.58. The second-order valence-corrected chi connectivity index (χ2v) is 26.4. The smallest absolute Gasteiger partial charge is 0.136 e. The first-order valence-electron chi connectivity index (χ1n) is 29.2. The topological polar surface area (TPSA) is 202 Å². The van der Waals surface area contributed by atoms with Crippen LogP contribution in [0.1, 0.15) is 174 Å². The first kappa shape index (κ1) is 59.4. The Hall–Kier alpha value is -6.26. The SMILES string of the molecule is CCN1/C(=C/C=C/C=C/CC(C)c2ccccc2[N+](C)([O-])CCCc2cn(CCn3cc(CN(Cc4cn(C5CC(C)(C)N(O)C(C)(C)C5)nn4)Cc4cn(C5CC(C)(C)N([OH2+])C(C)(C)C5)nn4)nn3)nn2)C(C)(C)c2ccccc21. The number of benzene rings is 2. The van der Waals surface area contributed by atoms with Gasteiger partial charge in [0.2, 0.25) is 0 Å². The van der Waals surface area contributed by atoms with Gasteiger partial charge in [0.25, 0.3) is 0 Å². The van der Waals surface area contributed by atoms with Crippen molar-refractivity contribution in [1.29, 1.82) is 0 Å². The number of likely N-dealkylation sites (N-methyl/N-ethyl adjacent to an activating group) is 1. The van der Waals surface area contributed by atoms with E-state index in [2.05, 4.69) is 195 Å². The van der Waals surface area contributed by atoms with Crippen LogP contribution in [-0.2, 0) is 44.6 Å². The van der Waals surface area contributed by atoms with Gasteiger partial charge in [0.05, 0.1) is 85.0 Å². The monoisotopic (exact) mass is 1110 g/mol. The normalized spacial score (nSPS) is 21.0. The standard InChI is InChI=1S/C61H89N17O3/c1-14-73-54-28-21-20-27-53(54)61(11,12)56(73)30-18-16-15-17-24-45(2)52-26-19-22-29-55(52)78(13,81)33-23-25-46-41-71(66-62-46)31-32-72-42-47(63-67-72)38-70(39-48-43-74(68-64-48)50-34-57(3,4)76(79)58(5,6)35-50)40-49-44-75(69-65-49)51-36-59(7,8)77(80)60(9,10)37-51/h15-22,26-30,41-45,50-51,79-80H,14,23-25,31-40H2,1-13H3/p+1/b17-15+,18-16+,56-30+. The van der Waals surface area contributed by atoms with E-state index < -0.39 is 15.7 Å². The zero-order chi connectivity index (χ0) is 58.1. The van der Waals surface area contributed by atoms with Gasteiger partial charge in [0.1, 0.15) is 5.69 Å². The minimum atomic E-state index is -0.462. The molecule has 2 fully saturated rings. The van der Waals surface area contributed by atoms with Gasteiger partial charge in [-0.25, -0.2) is 9.36 Å². The molecule has 6 aromatic rings. The average Bonchev–Trinajstić information content (AvgIpc) is 4.39. The van der Waals surface area contributed by atoms with Crippen LogP contribution in [0.25, 0.3) is 0 Å². The molecule has 0 aliphatic carbocycles. The van der Waals surface area contributed by atoms with E-state index in [4.69, 9.17) is 5.21 Å². The fourth-order valence-electron chi connectivity index (χ4n) is 13.3. The second-order valence-electron chi connectivity index (χ2n) is 26.4. The van der Waals surface area contributed by atoms with E-state index in [0.29, 0.717) is 52.1 Å². The Morgan fingerprint density at radius 3 is 1.81 bits per heavy atom. The van der Waals surface area contributed by atoms with Crippen molar-refractivity contribution in [2.45, 2.75) is 206 Å². The summed E-state index contributed by atoms with van der Waals surface area (Å²) >= 11 is 0. The Labute approximate surface area is 479 Å². The van der Waals surface area contributed by atoms with Gasteiger partial charge >= 0.3 is 0 Å². The lowest BCUT2D eigenvalue weighted by Crippen LogP contribution is -2.59. The van der Waals surface area contributed by atoms with Gasteiger partial charge < -0.3 is 25.2 Å². The van der Waals surface area contributed by atoms with Crippen molar-refractivity contribution in [2.24, 2.45) is 0 Å². The molecule has 0 spiro atoms. The number of nitrogens with zero attached hydrogens (tertiary/aromatic N) is 17. The third kappa shape index (κ3) is 13.3. The van der Waals surface area contributed by atoms with Gasteiger partial charge in [0, 0.05) is 78.4 Å². The highest BCUT2D eigenvalue weighted by molar-refractivity contribution is 5.70. The highest BCUT2D eigenvalue weighted by Crippen LogP contribution is 2.48. The van der Waals surface area contributed by atoms with Gasteiger partial charge in [-0.05, 0) is 131 Å². The molecule has 0 amide bonds. The predicted molar refractivity (Wildman–Crippen MR) is 318 cm³/mol. The molecule has 9 rings (SSSR count). The molecule has 2 saturated heterocycles. The molecule has 20 heteroatoms. The summed E-state index contributed by atoms with van der Waals surface area (Å²) in [4.78, 5) is 4.65.